The second-order valence-electron chi connectivity index (χ2n) is 4.50. The number of halogens is 2. The van der Waals surface area contributed by atoms with Gasteiger partial charge in [0.1, 0.15) is 0 Å². The van der Waals surface area contributed by atoms with Crippen LogP contribution in [-0.2, 0) is 0 Å². The van der Waals surface area contributed by atoms with Gasteiger partial charge in [0.25, 0.3) is 0 Å². The van der Waals surface area contributed by atoms with Crippen molar-refractivity contribution in [3.8, 4) is 0 Å². The van der Waals surface area contributed by atoms with E-state index in [-0.39, 0.29) is 0 Å². The van der Waals surface area contributed by atoms with E-state index in [0.717, 1.165) is 21.3 Å². The molecule has 2 rings (SSSR count). The average molecular weight is 323 g/mol. The Labute approximate surface area is 115 Å². The molecule has 2 atom stereocenters. The maximum absolute atomic E-state index is 6.11. The number of nitrogens with one attached hydrogen (secondary N) is 1. The van der Waals surface area contributed by atoms with Crippen molar-refractivity contribution in [3.05, 3.63) is 19.8 Å². The summed E-state index contributed by atoms with van der Waals surface area (Å²) in [7, 11) is 0. The molecule has 0 saturated heterocycles. The number of hydrogen-bond acceptors (Lipinski definition) is 2. The first-order valence-corrected chi connectivity index (χ1v) is 7.80. The molecule has 0 spiro atoms. The lowest BCUT2D eigenvalue weighted by Gasteiger charge is -2.23. The molecule has 0 aliphatic heterocycles. The van der Waals surface area contributed by atoms with Crippen molar-refractivity contribution < 1.29 is 0 Å². The molecule has 1 nitrogen and oxygen atoms in total. The van der Waals surface area contributed by atoms with Crippen LogP contribution in [0.3, 0.4) is 0 Å². The van der Waals surface area contributed by atoms with Crippen molar-refractivity contribution in [2.24, 2.45) is 11.8 Å². The second kappa shape index (κ2) is 5.38. The second-order valence-corrected chi connectivity index (χ2v) is 7.31. The van der Waals surface area contributed by atoms with Gasteiger partial charge in [-0.1, -0.05) is 25.4 Å². The maximum Gasteiger partial charge on any atom is 0.0887 e. The van der Waals surface area contributed by atoms with Crippen LogP contribution >= 0.6 is 38.9 Å². The van der Waals surface area contributed by atoms with Gasteiger partial charge in [0.2, 0.25) is 0 Å². The maximum atomic E-state index is 6.11. The van der Waals surface area contributed by atoms with Crippen molar-refractivity contribution in [2.45, 2.75) is 32.7 Å². The lowest BCUT2D eigenvalue weighted by molar-refractivity contribution is 0.360. The lowest BCUT2D eigenvalue weighted by Crippen LogP contribution is -2.27. The molecule has 16 heavy (non-hydrogen) atoms. The molecule has 0 amide bonds. The first kappa shape index (κ1) is 12.9. The van der Waals surface area contributed by atoms with E-state index in [4.69, 9.17) is 11.6 Å². The third-order valence-corrected chi connectivity index (χ3v) is 5.84. The molecule has 0 radical (unpaired) electrons. The zero-order chi connectivity index (χ0) is 11.7. The SMILES string of the molecule is CCNC(c1cc(Cl)c(Br)s1)C(C)C1CC1. The Balaban J connectivity index is 2.17. The molecule has 1 aliphatic carbocycles. The monoisotopic (exact) mass is 321 g/mol. The van der Waals surface area contributed by atoms with Crippen molar-refractivity contribution in [2.75, 3.05) is 6.54 Å². The smallest absolute Gasteiger partial charge is 0.0887 e. The minimum Gasteiger partial charge on any atom is -0.309 e. The largest absolute Gasteiger partial charge is 0.309 e. The van der Waals surface area contributed by atoms with Gasteiger partial charge in [-0.15, -0.1) is 11.3 Å². The van der Waals surface area contributed by atoms with Crippen LogP contribution < -0.4 is 5.32 Å². The Kier molecular flexibility index (Phi) is 4.33. The first-order valence-electron chi connectivity index (χ1n) is 5.81. The van der Waals surface area contributed by atoms with Crippen molar-refractivity contribution in [1.29, 1.82) is 0 Å². The van der Waals surface area contributed by atoms with Crippen molar-refractivity contribution in [1.82, 2.24) is 5.32 Å². The van der Waals surface area contributed by atoms with Crippen LogP contribution in [0.25, 0.3) is 0 Å². The minimum absolute atomic E-state index is 0.464. The van der Waals surface area contributed by atoms with Gasteiger partial charge in [0, 0.05) is 10.9 Å². The highest BCUT2D eigenvalue weighted by molar-refractivity contribution is 9.11. The Morgan fingerprint density at radius 2 is 2.31 bits per heavy atom. The molecule has 4 heteroatoms. The van der Waals surface area contributed by atoms with Gasteiger partial charge in [-0.25, -0.2) is 0 Å². The highest BCUT2D eigenvalue weighted by Gasteiger charge is 2.34. The molecule has 2 unspecified atom stereocenters. The highest BCUT2D eigenvalue weighted by Crippen LogP contribution is 2.45. The van der Waals surface area contributed by atoms with Crippen LogP contribution in [0.15, 0.2) is 9.85 Å². The molecule has 0 bridgehead atoms. The number of rotatable bonds is 5. The summed E-state index contributed by atoms with van der Waals surface area (Å²) in [5, 5.41) is 4.43. The van der Waals surface area contributed by atoms with Crippen LogP contribution in [-0.4, -0.2) is 6.54 Å². The summed E-state index contributed by atoms with van der Waals surface area (Å²) < 4.78 is 1.05. The Morgan fingerprint density at radius 1 is 1.62 bits per heavy atom. The number of thiophene rings is 1. The zero-order valence-corrected chi connectivity index (χ0v) is 12.8. The summed E-state index contributed by atoms with van der Waals surface area (Å²) in [6.45, 7) is 5.53. The van der Waals surface area contributed by atoms with Crippen LogP contribution in [0, 0.1) is 11.8 Å². The fraction of sp³-hybridized carbons (Fsp3) is 0.667. The highest BCUT2D eigenvalue weighted by atomic mass is 79.9. The molecule has 90 valence electrons. The van der Waals surface area contributed by atoms with E-state index in [2.05, 4.69) is 41.2 Å². The summed E-state index contributed by atoms with van der Waals surface area (Å²) in [4.78, 5) is 1.36. The van der Waals surface area contributed by atoms with Crippen molar-refractivity contribution >= 4 is 38.9 Å². The van der Waals surface area contributed by atoms with Gasteiger partial charge in [-0.05, 0) is 53.2 Å². The standard InChI is InChI=1S/C12H17BrClNS/c1-3-15-11(7(2)8-4-5-8)10-6-9(14)12(13)16-10/h6-8,11,15H,3-5H2,1-2H3. The molecule has 1 saturated carbocycles. The van der Waals surface area contributed by atoms with Crippen LogP contribution in [0.1, 0.15) is 37.6 Å². The summed E-state index contributed by atoms with van der Waals surface area (Å²) >= 11 is 11.4. The molecule has 1 aliphatic rings. The summed E-state index contributed by atoms with van der Waals surface area (Å²) in [6.07, 6.45) is 2.78. The molecular weight excluding hydrogens is 306 g/mol. The van der Waals surface area contributed by atoms with E-state index in [1.54, 1.807) is 11.3 Å². The van der Waals surface area contributed by atoms with E-state index >= 15 is 0 Å². The fourth-order valence-corrected chi connectivity index (χ4v) is 4.11. The predicted octanol–water partition coefficient (Wildman–Crippen LogP) is 4.86. The summed E-state index contributed by atoms with van der Waals surface area (Å²) in [5.41, 5.74) is 0. The fourth-order valence-electron chi connectivity index (χ4n) is 2.18. The van der Waals surface area contributed by atoms with E-state index < -0.39 is 0 Å². The first-order chi connectivity index (χ1) is 7.63. The molecule has 1 aromatic rings. The van der Waals surface area contributed by atoms with Gasteiger partial charge in [-0.2, -0.15) is 0 Å². The van der Waals surface area contributed by atoms with E-state index in [1.807, 2.05) is 0 Å². The normalized spacial score (nSPS) is 19.8. The van der Waals surface area contributed by atoms with Crippen molar-refractivity contribution in [3.63, 3.8) is 0 Å². The molecule has 1 heterocycles. The van der Waals surface area contributed by atoms with Gasteiger partial charge in [-0.3, -0.25) is 0 Å². The Hall–Kier alpha value is 0.430. The minimum atomic E-state index is 0.464. The topological polar surface area (TPSA) is 12.0 Å². The number of hydrogen-bond donors (Lipinski definition) is 1. The quantitative estimate of drug-likeness (QED) is 0.816. The molecule has 1 aromatic heterocycles. The Morgan fingerprint density at radius 3 is 2.75 bits per heavy atom. The van der Waals surface area contributed by atoms with E-state index in [0.29, 0.717) is 12.0 Å². The van der Waals surface area contributed by atoms with Crippen LogP contribution in [0.2, 0.25) is 5.02 Å². The lowest BCUT2D eigenvalue weighted by atomic mass is 9.95. The summed E-state index contributed by atoms with van der Waals surface area (Å²) in [5.74, 6) is 1.62. The summed E-state index contributed by atoms with van der Waals surface area (Å²) in [6, 6.07) is 2.56. The van der Waals surface area contributed by atoms with Crippen LogP contribution in [0.5, 0.6) is 0 Å². The Bertz CT molecular complexity index is 342. The molecular formula is C12H17BrClNS. The average Bonchev–Trinajstić information content (AvgIpc) is 3.03. The van der Waals surface area contributed by atoms with E-state index in [1.165, 1.54) is 17.7 Å². The zero-order valence-electron chi connectivity index (χ0n) is 9.59. The van der Waals surface area contributed by atoms with Gasteiger partial charge in [0.15, 0.2) is 0 Å². The molecule has 1 N–H and O–H groups in total. The molecule has 0 aromatic carbocycles. The third kappa shape index (κ3) is 2.81. The predicted molar refractivity (Wildman–Crippen MR) is 75.3 cm³/mol. The third-order valence-electron chi connectivity index (χ3n) is 3.29. The van der Waals surface area contributed by atoms with Gasteiger partial charge >= 0.3 is 0 Å². The van der Waals surface area contributed by atoms with Gasteiger partial charge < -0.3 is 5.32 Å². The molecule has 1 fully saturated rings. The van der Waals surface area contributed by atoms with Gasteiger partial charge in [0.05, 0.1) is 8.81 Å². The van der Waals surface area contributed by atoms with Crippen LogP contribution in [0.4, 0.5) is 0 Å². The van der Waals surface area contributed by atoms with E-state index in [9.17, 15) is 0 Å².